The smallest absolute Gasteiger partial charge is 0.141 e. The van der Waals surface area contributed by atoms with Crippen LogP contribution >= 0.6 is 35.6 Å². The Morgan fingerprint density at radius 3 is 2.47 bits per heavy atom. The predicted molar refractivity (Wildman–Crippen MR) is 86.3 cm³/mol. The Bertz CT molecular complexity index is 362. The highest BCUT2D eigenvalue weighted by Gasteiger charge is 2.14. The summed E-state index contributed by atoms with van der Waals surface area (Å²) in [5.74, 6) is 0.760. The molecule has 1 aromatic rings. The minimum atomic E-state index is 0. The Balaban J connectivity index is 0.00000324. The second-order valence-electron chi connectivity index (χ2n) is 4.45. The van der Waals surface area contributed by atoms with E-state index in [-0.39, 0.29) is 18.5 Å². The van der Waals surface area contributed by atoms with Crippen LogP contribution in [0.25, 0.3) is 0 Å². The summed E-state index contributed by atoms with van der Waals surface area (Å²) >= 11 is 12.1. The second-order valence-corrected chi connectivity index (χ2v) is 5.30. The molecule has 0 unspecified atom stereocenters. The van der Waals surface area contributed by atoms with Crippen molar-refractivity contribution in [1.82, 2.24) is 5.32 Å². The number of benzene rings is 1. The highest BCUT2D eigenvalue weighted by molar-refractivity contribution is 6.35. The van der Waals surface area contributed by atoms with E-state index in [1.807, 2.05) is 20.0 Å². The highest BCUT2D eigenvalue weighted by Crippen LogP contribution is 2.33. The number of halogens is 3. The van der Waals surface area contributed by atoms with E-state index in [1.54, 1.807) is 6.07 Å². The molecule has 1 atom stereocenters. The van der Waals surface area contributed by atoms with Crippen molar-refractivity contribution in [2.75, 3.05) is 13.6 Å². The van der Waals surface area contributed by atoms with Crippen molar-refractivity contribution >= 4 is 35.6 Å². The van der Waals surface area contributed by atoms with Gasteiger partial charge in [-0.15, -0.1) is 12.4 Å². The van der Waals surface area contributed by atoms with Crippen LogP contribution in [0.2, 0.25) is 10.0 Å². The van der Waals surface area contributed by atoms with Crippen LogP contribution in [0.5, 0.6) is 5.75 Å². The molecule has 19 heavy (non-hydrogen) atoms. The zero-order valence-corrected chi connectivity index (χ0v) is 14.0. The second kappa shape index (κ2) is 9.71. The van der Waals surface area contributed by atoms with E-state index in [0.717, 1.165) is 37.1 Å². The maximum atomic E-state index is 6.19. The van der Waals surface area contributed by atoms with Crippen LogP contribution in [0.3, 0.4) is 0 Å². The fraction of sp³-hybridized carbons (Fsp3) is 0.571. The molecule has 0 amide bonds. The first-order valence-electron chi connectivity index (χ1n) is 6.35. The Kier molecular flexibility index (Phi) is 9.63. The Morgan fingerprint density at radius 1 is 1.26 bits per heavy atom. The lowest BCUT2D eigenvalue weighted by atomic mass is 10.1. The summed E-state index contributed by atoms with van der Waals surface area (Å²) in [6.07, 6.45) is 3.29. The molecule has 110 valence electrons. The zero-order valence-electron chi connectivity index (χ0n) is 11.6. The first-order chi connectivity index (χ1) is 8.58. The molecule has 0 aliphatic rings. The fourth-order valence-electron chi connectivity index (χ4n) is 1.89. The van der Waals surface area contributed by atoms with Gasteiger partial charge < -0.3 is 10.1 Å². The van der Waals surface area contributed by atoms with E-state index in [0.29, 0.717) is 10.0 Å². The third-order valence-corrected chi connectivity index (χ3v) is 3.30. The summed E-state index contributed by atoms with van der Waals surface area (Å²) in [5.41, 5.74) is 0.984. The van der Waals surface area contributed by atoms with Crippen molar-refractivity contribution in [3.8, 4) is 5.75 Å². The summed E-state index contributed by atoms with van der Waals surface area (Å²) in [7, 11) is 1.95. The fourth-order valence-corrected chi connectivity index (χ4v) is 2.53. The van der Waals surface area contributed by atoms with Gasteiger partial charge >= 0.3 is 0 Å². The number of rotatable bonds is 7. The summed E-state index contributed by atoms with van der Waals surface area (Å²) in [4.78, 5) is 0. The largest absolute Gasteiger partial charge is 0.489 e. The maximum Gasteiger partial charge on any atom is 0.141 e. The molecule has 2 nitrogen and oxygen atoms in total. The molecule has 0 heterocycles. The number of nitrogens with one attached hydrogen (secondary N) is 1. The van der Waals surface area contributed by atoms with Crippen LogP contribution in [-0.2, 0) is 0 Å². The average molecular weight is 327 g/mol. The average Bonchev–Trinajstić information content (AvgIpc) is 2.30. The Labute approximate surface area is 132 Å². The van der Waals surface area contributed by atoms with Crippen molar-refractivity contribution in [1.29, 1.82) is 0 Å². The van der Waals surface area contributed by atoms with Gasteiger partial charge in [-0.1, -0.05) is 36.5 Å². The van der Waals surface area contributed by atoms with E-state index in [9.17, 15) is 0 Å². The Hall–Kier alpha value is -0.150. The summed E-state index contributed by atoms with van der Waals surface area (Å²) in [6, 6.07) is 3.61. The van der Waals surface area contributed by atoms with Crippen LogP contribution in [0.4, 0.5) is 0 Å². The minimum Gasteiger partial charge on any atom is -0.489 e. The SMILES string of the molecule is CCC[C@@H](CCNC)Oc1c(C)cc(Cl)cc1Cl.Cl. The third-order valence-electron chi connectivity index (χ3n) is 2.81. The van der Waals surface area contributed by atoms with E-state index in [2.05, 4.69) is 12.2 Å². The standard InChI is InChI=1S/C14H21Cl2NO.ClH/c1-4-5-12(6-7-17-3)18-14-10(2)8-11(15)9-13(14)16;/h8-9,12,17H,4-7H2,1-3H3;1H/t12-;/m0./s1. The molecular formula is C14H22Cl3NO. The highest BCUT2D eigenvalue weighted by atomic mass is 35.5. The normalized spacial score (nSPS) is 11.8. The van der Waals surface area contributed by atoms with E-state index >= 15 is 0 Å². The molecule has 1 aromatic carbocycles. The molecule has 1 rings (SSSR count). The lowest BCUT2D eigenvalue weighted by Gasteiger charge is -2.21. The van der Waals surface area contributed by atoms with Crippen molar-refractivity contribution in [2.45, 2.75) is 39.2 Å². The molecule has 0 bridgehead atoms. The van der Waals surface area contributed by atoms with Crippen LogP contribution in [0.1, 0.15) is 31.7 Å². The number of hydrogen-bond acceptors (Lipinski definition) is 2. The van der Waals surface area contributed by atoms with Crippen LogP contribution < -0.4 is 10.1 Å². The van der Waals surface area contributed by atoms with Crippen molar-refractivity contribution in [2.24, 2.45) is 0 Å². The summed E-state index contributed by atoms with van der Waals surface area (Å²) in [6.45, 7) is 5.06. The monoisotopic (exact) mass is 325 g/mol. The van der Waals surface area contributed by atoms with Gasteiger partial charge in [0.05, 0.1) is 11.1 Å². The van der Waals surface area contributed by atoms with Gasteiger partial charge in [-0.2, -0.15) is 0 Å². The molecule has 1 N–H and O–H groups in total. The van der Waals surface area contributed by atoms with Crippen LogP contribution in [0, 0.1) is 6.92 Å². The molecule has 0 aliphatic carbocycles. The predicted octanol–water partition coefficient (Wildman–Crippen LogP) is 4.88. The lowest BCUT2D eigenvalue weighted by Crippen LogP contribution is -2.22. The van der Waals surface area contributed by atoms with Gasteiger partial charge in [0, 0.05) is 5.02 Å². The molecule has 0 spiro atoms. The van der Waals surface area contributed by atoms with E-state index in [1.165, 1.54) is 0 Å². The quantitative estimate of drug-likeness (QED) is 0.771. The van der Waals surface area contributed by atoms with Gasteiger partial charge in [-0.05, 0) is 51.1 Å². The molecule has 0 aliphatic heterocycles. The first-order valence-corrected chi connectivity index (χ1v) is 7.11. The van der Waals surface area contributed by atoms with Crippen molar-refractivity contribution < 1.29 is 4.74 Å². The van der Waals surface area contributed by atoms with E-state index in [4.69, 9.17) is 27.9 Å². The van der Waals surface area contributed by atoms with Gasteiger partial charge in [-0.25, -0.2) is 0 Å². The van der Waals surface area contributed by atoms with E-state index < -0.39 is 0 Å². The van der Waals surface area contributed by atoms with Gasteiger partial charge in [0.1, 0.15) is 5.75 Å². The number of aryl methyl sites for hydroxylation is 1. The van der Waals surface area contributed by atoms with Gasteiger partial charge in [0.25, 0.3) is 0 Å². The molecule has 5 heteroatoms. The van der Waals surface area contributed by atoms with Crippen molar-refractivity contribution in [3.05, 3.63) is 27.7 Å². The van der Waals surface area contributed by atoms with Gasteiger partial charge in [0.2, 0.25) is 0 Å². The number of hydrogen-bond donors (Lipinski definition) is 1. The van der Waals surface area contributed by atoms with Gasteiger partial charge in [-0.3, -0.25) is 0 Å². The third kappa shape index (κ3) is 6.22. The molecule has 0 aromatic heterocycles. The van der Waals surface area contributed by atoms with Crippen molar-refractivity contribution in [3.63, 3.8) is 0 Å². The van der Waals surface area contributed by atoms with Crippen LogP contribution in [-0.4, -0.2) is 19.7 Å². The molecule has 0 saturated carbocycles. The first kappa shape index (κ1) is 18.9. The topological polar surface area (TPSA) is 21.3 Å². The number of ether oxygens (including phenoxy) is 1. The summed E-state index contributed by atoms with van der Waals surface area (Å²) < 4.78 is 6.04. The maximum absolute atomic E-state index is 6.19. The van der Waals surface area contributed by atoms with Crippen LogP contribution in [0.15, 0.2) is 12.1 Å². The molecular weight excluding hydrogens is 305 g/mol. The molecule has 0 fully saturated rings. The van der Waals surface area contributed by atoms with Gasteiger partial charge in [0.15, 0.2) is 0 Å². The minimum absolute atomic E-state index is 0. The molecule has 0 saturated heterocycles. The Morgan fingerprint density at radius 2 is 1.95 bits per heavy atom. The lowest BCUT2D eigenvalue weighted by molar-refractivity contribution is 0.179. The molecule has 0 radical (unpaired) electrons. The zero-order chi connectivity index (χ0) is 13.5. The summed E-state index contributed by atoms with van der Waals surface area (Å²) in [5, 5.41) is 4.38.